The number of aryl methyl sites for hydroxylation is 1. The van der Waals surface area contributed by atoms with E-state index in [0.29, 0.717) is 5.39 Å². The van der Waals surface area contributed by atoms with Crippen molar-refractivity contribution in [2.45, 2.75) is 12.4 Å². The topological polar surface area (TPSA) is 43.4 Å². The molecule has 0 saturated heterocycles. The quantitative estimate of drug-likeness (QED) is 0.0985. The highest BCUT2D eigenvalue weighted by atomic mass is 79.9. The maximum Gasteiger partial charge on any atom is 0.534 e. The highest BCUT2D eigenvalue weighted by Crippen LogP contribution is 2.36. The minimum absolute atomic E-state index is 0.110. The van der Waals surface area contributed by atoms with Crippen LogP contribution in [0.5, 0.6) is 5.75 Å². The number of hydrogen-bond donors (Lipinski definition) is 0. The zero-order valence-corrected chi connectivity index (χ0v) is 36.8. The summed E-state index contributed by atoms with van der Waals surface area (Å²) in [5, 5.41) is 3.53. The largest absolute Gasteiger partial charge is 0.534 e. The van der Waals surface area contributed by atoms with Gasteiger partial charge in [-0.3, -0.25) is 0 Å². The van der Waals surface area contributed by atoms with Crippen LogP contribution in [0, 0.1) is 42.9 Å². The zero-order chi connectivity index (χ0) is 41.2. The molecule has 0 unspecified atom stereocenters. The third-order valence-corrected chi connectivity index (χ3v) is 11.6. The first-order valence-corrected chi connectivity index (χ1v) is 21.2. The number of halogens is 7. The first kappa shape index (κ1) is 43.3. The Balaban J connectivity index is 0.000000187. The Morgan fingerprint density at radius 2 is 0.912 bits per heavy atom. The summed E-state index contributed by atoms with van der Waals surface area (Å²) in [6.07, 6.45) is 5.10. The van der Waals surface area contributed by atoms with Crippen molar-refractivity contribution in [3.8, 4) is 41.8 Å². The highest BCUT2D eigenvalue weighted by Gasteiger charge is 2.48. The Kier molecular flexibility index (Phi) is 14.9. The molecule has 0 heterocycles. The lowest BCUT2D eigenvalue weighted by Crippen LogP contribution is -2.28. The highest BCUT2D eigenvalue weighted by molar-refractivity contribution is 9.11. The van der Waals surface area contributed by atoms with Gasteiger partial charge in [-0.2, -0.15) is 21.6 Å². The van der Waals surface area contributed by atoms with E-state index in [4.69, 9.17) is 6.42 Å². The summed E-state index contributed by atoms with van der Waals surface area (Å²) in [5.74, 6) is 15.1. The van der Waals surface area contributed by atoms with Crippen LogP contribution in [0.25, 0.3) is 21.5 Å². The number of benzene rings is 7. The van der Waals surface area contributed by atoms with Crippen molar-refractivity contribution < 1.29 is 25.8 Å². The summed E-state index contributed by atoms with van der Waals surface area (Å²) in [6.45, 7) is 1.80. The van der Waals surface area contributed by atoms with Gasteiger partial charge in [0.2, 0.25) is 0 Å². The van der Waals surface area contributed by atoms with Gasteiger partial charge in [-0.1, -0.05) is 106 Å². The summed E-state index contributed by atoms with van der Waals surface area (Å²) < 4.78 is 66.2. The normalized spacial score (nSPS) is 10.6. The molecule has 3 nitrogen and oxygen atoms in total. The Morgan fingerprint density at radius 1 is 0.526 bits per heavy atom. The molecule has 0 radical (unpaired) electrons. The average Bonchev–Trinajstić information content (AvgIpc) is 3.19. The molecule has 0 atom stereocenters. The maximum atomic E-state index is 12.3. The van der Waals surface area contributed by atoms with Crippen LogP contribution in [-0.2, 0) is 10.1 Å². The van der Waals surface area contributed by atoms with E-state index in [0.717, 1.165) is 63.0 Å². The van der Waals surface area contributed by atoms with E-state index in [1.807, 2.05) is 91.0 Å². The van der Waals surface area contributed by atoms with Crippen LogP contribution in [0.1, 0.15) is 33.4 Å². The third kappa shape index (κ3) is 12.1. The second kappa shape index (κ2) is 19.6. The van der Waals surface area contributed by atoms with Gasteiger partial charge in [-0.05, 0) is 161 Å². The summed E-state index contributed by atoms with van der Waals surface area (Å²) in [6, 6.07) is 44.2. The van der Waals surface area contributed by atoms with Crippen molar-refractivity contribution in [3.05, 3.63) is 191 Å². The molecule has 284 valence electrons. The molecule has 0 N–H and O–H groups in total. The van der Waals surface area contributed by atoms with Crippen LogP contribution in [0.3, 0.4) is 0 Å². The number of rotatable bonds is 2. The van der Waals surface area contributed by atoms with E-state index < -0.39 is 21.4 Å². The minimum atomic E-state index is -5.70. The van der Waals surface area contributed by atoms with Crippen LogP contribution < -0.4 is 4.18 Å². The van der Waals surface area contributed by atoms with Gasteiger partial charge in [-0.25, -0.2) is 0 Å². The zero-order valence-electron chi connectivity index (χ0n) is 29.6. The smallest absolute Gasteiger partial charge is 0.375 e. The minimum Gasteiger partial charge on any atom is -0.375 e. The van der Waals surface area contributed by atoms with E-state index in [2.05, 4.69) is 122 Å². The Hall–Kier alpha value is -4.80. The Bertz CT molecular complexity index is 2740. The maximum absolute atomic E-state index is 12.3. The van der Waals surface area contributed by atoms with Crippen LogP contribution in [0.15, 0.2) is 157 Å². The molecular formula is C46H27Br4F3O3S. The first-order chi connectivity index (χ1) is 27.1. The van der Waals surface area contributed by atoms with Gasteiger partial charge in [0.15, 0.2) is 5.75 Å². The van der Waals surface area contributed by atoms with Gasteiger partial charge < -0.3 is 4.18 Å². The van der Waals surface area contributed by atoms with Crippen LogP contribution in [0.4, 0.5) is 13.2 Å². The monoisotopic (exact) mass is 1030 g/mol. The summed E-state index contributed by atoms with van der Waals surface area (Å²) in [7, 11) is -5.70. The fourth-order valence-electron chi connectivity index (χ4n) is 4.96. The molecule has 0 aliphatic rings. The van der Waals surface area contributed by atoms with Crippen molar-refractivity contribution >= 4 is 95.4 Å². The van der Waals surface area contributed by atoms with E-state index in [1.54, 1.807) is 19.1 Å². The summed E-state index contributed by atoms with van der Waals surface area (Å²) in [4.78, 5) is 0. The lowest BCUT2D eigenvalue weighted by atomic mass is 10.0. The molecule has 0 amide bonds. The Labute approximate surface area is 363 Å². The lowest BCUT2D eigenvalue weighted by Gasteiger charge is -2.12. The first-order valence-electron chi connectivity index (χ1n) is 16.6. The van der Waals surface area contributed by atoms with Crippen LogP contribution >= 0.6 is 63.7 Å². The van der Waals surface area contributed by atoms with Gasteiger partial charge in [0.1, 0.15) is 0 Å². The fraction of sp³-hybridized carbons (Fsp3) is 0.0435. The van der Waals surface area contributed by atoms with E-state index in [9.17, 15) is 21.6 Å². The number of fused-ring (bicyclic) bond motifs is 2. The number of terminal acetylenes is 1. The molecule has 7 aromatic carbocycles. The van der Waals surface area contributed by atoms with Crippen molar-refractivity contribution in [2.24, 2.45) is 0 Å². The molecule has 0 aliphatic carbocycles. The number of hydrogen-bond acceptors (Lipinski definition) is 3. The van der Waals surface area contributed by atoms with E-state index >= 15 is 0 Å². The van der Waals surface area contributed by atoms with Gasteiger partial charge in [0.25, 0.3) is 0 Å². The fourth-order valence-corrected chi connectivity index (χ4v) is 7.26. The molecule has 7 rings (SSSR count). The molecule has 7 aromatic rings. The molecule has 0 aliphatic heterocycles. The molecule has 0 bridgehead atoms. The van der Waals surface area contributed by atoms with Crippen LogP contribution in [-0.4, -0.2) is 13.9 Å². The van der Waals surface area contributed by atoms with Crippen molar-refractivity contribution in [2.75, 3.05) is 0 Å². The lowest BCUT2D eigenvalue weighted by molar-refractivity contribution is -0.0500. The van der Waals surface area contributed by atoms with E-state index in [1.165, 1.54) is 12.1 Å². The molecule has 57 heavy (non-hydrogen) atoms. The standard InChI is InChI=1S/C26H14Br2.C12H7Br2F3O3S.C8H6/c27-25-17-24-18-26(28)22(14-12-20-9-5-2-6-10-20)16-23(24)15-21(25)13-11-19-7-3-1-4-8-19;1-6-2-7-5-11(20-21(18,19)12(15,16)17)10(14)4-8(7)3-9(6)13;1-2-8-6-4-3-5-7-8/h1-10,15-18H;2-5H,1H3;1,3-7H. The predicted molar refractivity (Wildman–Crippen MR) is 238 cm³/mol. The summed E-state index contributed by atoms with van der Waals surface area (Å²) >= 11 is 13.7. The SMILES string of the molecule is Brc1cc2cc(Br)c(C#Cc3ccccc3)cc2cc1C#Cc1ccccc1.C#Cc1ccccc1.Cc1cc2cc(OS(=O)(=O)C(F)(F)F)c(Br)cc2cc1Br. The van der Waals surface area contributed by atoms with Crippen LogP contribution in [0.2, 0.25) is 0 Å². The van der Waals surface area contributed by atoms with Gasteiger partial charge >= 0.3 is 15.6 Å². The third-order valence-electron chi connectivity index (χ3n) is 7.83. The average molecular weight is 1040 g/mol. The second-order valence-electron chi connectivity index (χ2n) is 12.0. The predicted octanol–water partition coefficient (Wildman–Crippen LogP) is 13.7. The molecule has 0 spiro atoms. The molecule has 0 aromatic heterocycles. The van der Waals surface area contributed by atoms with Gasteiger partial charge in [0, 0.05) is 41.2 Å². The van der Waals surface area contributed by atoms with Crippen molar-refractivity contribution in [1.29, 1.82) is 0 Å². The molecule has 11 heteroatoms. The molecular weight excluding hydrogens is 1010 g/mol. The molecule has 0 saturated carbocycles. The van der Waals surface area contributed by atoms with Crippen molar-refractivity contribution in [1.82, 2.24) is 0 Å². The number of alkyl halides is 3. The van der Waals surface area contributed by atoms with Crippen molar-refractivity contribution in [3.63, 3.8) is 0 Å². The van der Waals surface area contributed by atoms with E-state index in [-0.39, 0.29) is 4.47 Å². The summed E-state index contributed by atoms with van der Waals surface area (Å²) in [5.41, 5.74) is 0.236. The van der Waals surface area contributed by atoms with Gasteiger partial charge in [-0.15, -0.1) is 6.42 Å². The Morgan fingerprint density at radius 3 is 1.33 bits per heavy atom. The molecule has 0 fully saturated rings. The van der Waals surface area contributed by atoms with Gasteiger partial charge in [0.05, 0.1) is 4.47 Å². The second-order valence-corrected chi connectivity index (χ2v) is 16.9.